The van der Waals surface area contributed by atoms with Crippen molar-refractivity contribution >= 4 is 12.0 Å². The molecule has 0 heterocycles. The fourth-order valence-electron chi connectivity index (χ4n) is 1.12. The highest BCUT2D eigenvalue weighted by Gasteiger charge is 2.04. The number of benzene rings is 1. The maximum atomic E-state index is 10.5. The molecule has 1 amide bonds. The topological polar surface area (TPSA) is 72.5 Å². The van der Waals surface area contributed by atoms with Crippen LogP contribution in [0.1, 0.15) is 12.5 Å². The molecule has 0 bridgehead atoms. The van der Waals surface area contributed by atoms with Crippen molar-refractivity contribution in [2.24, 2.45) is 5.73 Å². The quantitative estimate of drug-likeness (QED) is 0.730. The van der Waals surface area contributed by atoms with E-state index in [1.165, 1.54) is 12.2 Å². The summed E-state index contributed by atoms with van der Waals surface area (Å²) in [5.41, 5.74) is 5.45. The minimum Gasteiger partial charge on any atom is -0.504 e. The summed E-state index contributed by atoms with van der Waals surface area (Å²) in [6.07, 6.45) is 2.63. The number of phenols is 1. The van der Waals surface area contributed by atoms with Gasteiger partial charge in [-0.25, -0.2) is 0 Å². The third-order valence-electron chi connectivity index (χ3n) is 1.76. The van der Waals surface area contributed by atoms with Crippen molar-refractivity contribution in [2.75, 3.05) is 6.61 Å². The summed E-state index contributed by atoms with van der Waals surface area (Å²) >= 11 is 0. The fraction of sp³-hybridized carbons (Fsp3) is 0.182. The van der Waals surface area contributed by atoms with Crippen molar-refractivity contribution in [1.82, 2.24) is 0 Å². The molecule has 1 rings (SSSR count). The molecule has 0 saturated heterocycles. The Labute approximate surface area is 88.0 Å². The number of primary amides is 1. The van der Waals surface area contributed by atoms with E-state index >= 15 is 0 Å². The van der Waals surface area contributed by atoms with E-state index in [0.717, 1.165) is 0 Å². The molecule has 4 heteroatoms. The first-order valence-corrected chi connectivity index (χ1v) is 4.57. The van der Waals surface area contributed by atoms with Crippen molar-refractivity contribution in [3.05, 3.63) is 29.8 Å². The molecule has 4 nitrogen and oxygen atoms in total. The third kappa shape index (κ3) is 3.02. The summed E-state index contributed by atoms with van der Waals surface area (Å²) < 4.78 is 5.18. The Kier molecular flexibility index (Phi) is 3.74. The average Bonchev–Trinajstić information content (AvgIpc) is 2.19. The Morgan fingerprint density at radius 3 is 2.93 bits per heavy atom. The van der Waals surface area contributed by atoms with Crippen molar-refractivity contribution in [3.8, 4) is 11.5 Å². The van der Waals surface area contributed by atoms with E-state index in [1.807, 2.05) is 6.92 Å². The number of nitrogens with two attached hydrogens (primary N) is 1. The van der Waals surface area contributed by atoms with Crippen LogP contribution in [-0.4, -0.2) is 17.6 Å². The van der Waals surface area contributed by atoms with Gasteiger partial charge in [-0.2, -0.15) is 0 Å². The number of amides is 1. The van der Waals surface area contributed by atoms with E-state index in [1.54, 1.807) is 18.2 Å². The van der Waals surface area contributed by atoms with Crippen LogP contribution in [0.25, 0.3) is 6.08 Å². The molecule has 0 aliphatic heterocycles. The number of hydrogen-bond acceptors (Lipinski definition) is 3. The number of ether oxygens (including phenoxy) is 1. The molecule has 15 heavy (non-hydrogen) atoms. The number of rotatable bonds is 4. The first kappa shape index (κ1) is 11.1. The second kappa shape index (κ2) is 5.05. The van der Waals surface area contributed by atoms with Crippen LogP contribution in [0.5, 0.6) is 11.5 Å². The molecule has 0 fully saturated rings. The summed E-state index contributed by atoms with van der Waals surface area (Å²) in [4.78, 5) is 10.5. The van der Waals surface area contributed by atoms with Crippen molar-refractivity contribution in [2.45, 2.75) is 6.92 Å². The Hall–Kier alpha value is -1.97. The van der Waals surface area contributed by atoms with Gasteiger partial charge in [0.05, 0.1) is 6.61 Å². The summed E-state index contributed by atoms with van der Waals surface area (Å²) in [6, 6.07) is 5.04. The monoisotopic (exact) mass is 207 g/mol. The third-order valence-corrected chi connectivity index (χ3v) is 1.76. The van der Waals surface area contributed by atoms with Crippen LogP contribution in [-0.2, 0) is 4.79 Å². The molecule has 0 atom stereocenters. The Morgan fingerprint density at radius 2 is 2.33 bits per heavy atom. The standard InChI is InChI=1S/C11H13NO3/c1-2-15-9-5-3-4-8(11(9)14)6-7-10(12)13/h3-7,14H,2H2,1H3,(H2,12,13)/b7-6+. The van der Waals surface area contributed by atoms with Gasteiger partial charge in [-0.05, 0) is 19.1 Å². The maximum absolute atomic E-state index is 10.5. The predicted molar refractivity (Wildman–Crippen MR) is 57.5 cm³/mol. The number of carbonyl (C=O) groups is 1. The van der Waals surface area contributed by atoms with E-state index in [4.69, 9.17) is 10.5 Å². The molecule has 1 aromatic carbocycles. The van der Waals surface area contributed by atoms with Crippen molar-refractivity contribution in [1.29, 1.82) is 0 Å². The SMILES string of the molecule is CCOc1cccc(/C=C/C(N)=O)c1O. The zero-order valence-corrected chi connectivity index (χ0v) is 8.43. The van der Waals surface area contributed by atoms with Crippen LogP contribution < -0.4 is 10.5 Å². The molecular formula is C11H13NO3. The second-order valence-electron chi connectivity index (χ2n) is 2.86. The Balaban J connectivity index is 2.98. The van der Waals surface area contributed by atoms with E-state index in [-0.39, 0.29) is 5.75 Å². The molecule has 0 spiro atoms. The van der Waals surface area contributed by atoms with Crippen molar-refractivity contribution < 1.29 is 14.6 Å². The molecular weight excluding hydrogens is 194 g/mol. The number of carbonyl (C=O) groups excluding carboxylic acids is 1. The second-order valence-corrected chi connectivity index (χ2v) is 2.86. The fourth-order valence-corrected chi connectivity index (χ4v) is 1.12. The van der Waals surface area contributed by atoms with Crippen LogP contribution in [0.4, 0.5) is 0 Å². The summed E-state index contributed by atoms with van der Waals surface area (Å²) in [5, 5.41) is 9.70. The van der Waals surface area contributed by atoms with Crippen LogP contribution >= 0.6 is 0 Å². The first-order valence-electron chi connectivity index (χ1n) is 4.57. The minimum absolute atomic E-state index is 0.0110. The predicted octanol–water partition coefficient (Wildman–Crippen LogP) is 1.29. The molecule has 0 radical (unpaired) electrons. The molecule has 0 unspecified atom stereocenters. The van der Waals surface area contributed by atoms with Crippen LogP contribution in [0, 0.1) is 0 Å². The van der Waals surface area contributed by atoms with Gasteiger partial charge in [0.25, 0.3) is 0 Å². The van der Waals surface area contributed by atoms with Gasteiger partial charge in [-0.3, -0.25) is 4.79 Å². The lowest BCUT2D eigenvalue weighted by Crippen LogP contribution is -2.05. The summed E-state index contributed by atoms with van der Waals surface area (Å²) in [6.45, 7) is 2.29. The van der Waals surface area contributed by atoms with E-state index in [2.05, 4.69) is 0 Å². The highest BCUT2D eigenvalue weighted by Crippen LogP contribution is 2.30. The highest BCUT2D eigenvalue weighted by molar-refractivity contribution is 5.90. The largest absolute Gasteiger partial charge is 0.504 e. The number of aromatic hydroxyl groups is 1. The van der Waals surface area contributed by atoms with Crippen LogP contribution in [0.15, 0.2) is 24.3 Å². The smallest absolute Gasteiger partial charge is 0.241 e. The summed E-state index contributed by atoms with van der Waals surface area (Å²) in [5.74, 6) is -0.155. The molecule has 1 aromatic rings. The van der Waals surface area contributed by atoms with E-state index in [0.29, 0.717) is 17.9 Å². The van der Waals surface area contributed by atoms with Gasteiger partial charge in [0.1, 0.15) is 0 Å². The average molecular weight is 207 g/mol. The van der Waals surface area contributed by atoms with E-state index in [9.17, 15) is 9.90 Å². The maximum Gasteiger partial charge on any atom is 0.241 e. The summed E-state index contributed by atoms with van der Waals surface area (Å²) in [7, 11) is 0. The normalized spacial score (nSPS) is 10.5. The van der Waals surface area contributed by atoms with Gasteiger partial charge in [-0.15, -0.1) is 0 Å². The molecule has 0 aliphatic carbocycles. The Morgan fingerprint density at radius 1 is 1.60 bits per heavy atom. The van der Waals surface area contributed by atoms with Gasteiger partial charge in [0, 0.05) is 11.6 Å². The molecule has 0 aliphatic rings. The van der Waals surface area contributed by atoms with E-state index < -0.39 is 5.91 Å². The minimum atomic E-state index is -0.559. The molecule has 0 saturated carbocycles. The highest BCUT2D eigenvalue weighted by atomic mass is 16.5. The van der Waals surface area contributed by atoms with Gasteiger partial charge in [-0.1, -0.05) is 12.1 Å². The lowest BCUT2D eigenvalue weighted by Gasteiger charge is -2.07. The molecule has 0 aromatic heterocycles. The van der Waals surface area contributed by atoms with Crippen LogP contribution in [0.2, 0.25) is 0 Å². The molecule has 3 N–H and O–H groups in total. The molecule has 80 valence electrons. The number of para-hydroxylation sites is 1. The van der Waals surface area contributed by atoms with Gasteiger partial charge >= 0.3 is 0 Å². The zero-order chi connectivity index (χ0) is 11.3. The van der Waals surface area contributed by atoms with Gasteiger partial charge < -0.3 is 15.6 Å². The Bertz CT molecular complexity index is 385. The van der Waals surface area contributed by atoms with Crippen molar-refractivity contribution in [3.63, 3.8) is 0 Å². The first-order chi connectivity index (χ1) is 7.15. The zero-order valence-electron chi connectivity index (χ0n) is 8.43. The number of hydrogen-bond donors (Lipinski definition) is 2. The lowest BCUT2D eigenvalue weighted by molar-refractivity contribution is -0.113. The van der Waals surface area contributed by atoms with Gasteiger partial charge in [0.2, 0.25) is 5.91 Å². The van der Waals surface area contributed by atoms with Crippen LogP contribution in [0.3, 0.4) is 0 Å². The lowest BCUT2D eigenvalue weighted by atomic mass is 10.1. The van der Waals surface area contributed by atoms with Gasteiger partial charge in [0.15, 0.2) is 11.5 Å². The number of phenolic OH excluding ortho intramolecular Hbond substituents is 1.